The molecule has 4 rings (SSSR count). The van der Waals surface area contributed by atoms with Crippen molar-refractivity contribution in [1.82, 2.24) is 10.3 Å². The topological polar surface area (TPSA) is 116 Å². The maximum Gasteiger partial charge on any atom is 0.416 e. The minimum Gasteiger partial charge on any atom is -0.362 e. The number of anilines is 2. The van der Waals surface area contributed by atoms with Crippen LogP contribution in [0.5, 0.6) is 0 Å². The minimum absolute atomic E-state index is 0.0627. The first-order valence-electron chi connectivity index (χ1n) is 10.7. The Morgan fingerprint density at radius 3 is 2.23 bits per heavy atom. The Hall–Kier alpha value is -4.16. The predicted octanol–water partition coefficient (Wildman–Crippen LogP) is 2.73. The van der Waals surface area contributed by atoms with Gasteiger partial charge in [-0.3, -0.25) is 29.9 Å². The van der Waals surface area contributed by atoms with Crippen LogP contribution < -0.4 is 15.3 Å². The summed E-state index contributed by atoms with van der Waals surface area (Å²) in [6.07, 6.45) is -4.49. The van der Waals surface area contributed by atoms with Crippen molar-refractivity contribution in [2.45, 2.75) is 19.0 Å². The van der Waals surface area contributed by atoms with Crippen molar-refractivity contribution in [3.05, 3.63) is 63.7 Å². The Morgan fingerprint density at radius 2 is 1.63 bits per heavy atom. The molecule has 2 aromatic rings. The van der Waals surface area contributed by atoms with E-state index in [1.807, 2.05) is 0 Å². The summed E-state index contributed by atoms with van der Waals surface area (Å²) in [6, 6.07) is 8.54. The quantitative estimate of drug-likeness (QED) is 0.520. The maximum absolute atomic E-state index is 13.0. The normalized spacial score (nSPS) is 16.8. The van der Waals surface area contributed by atoms with Crippen molar-refractivity contribution in [2.24, 2.45) is 0 Å². The molecular weight excluding hydrogens is 471 g/mol. The van der Waals surface area contributed by atoms with Crippen molar-refractivity contribution in [3.8, 4) is 0 Å². The summed E-state index contributed by atoms with van der Waals surface area (Å²) in [5, 5.41) is 12.5. The highest BCUT2D eigenvalue weighted by molar-refractivity contribution is 6.01. The van der Waals surface area contributed by atoms with Gasteiger partial charge in [0.25, 0.3) is 11.6 Å². The highest BCUT2D eigenvalue weighted by atomic mass is 19.4. The van der Waals surface area contributed by atoms with Gasteiger partial charge >= 0.3 is 6.18 Å². The lowest BCUT2D eigenvalue weighted by Crippen LogP contribution is -2.50. The average Bonchev–Trinajstić information content (AvgIpc) is 2.84. The SMILES string of the molecule is O=C1CCC(=O)N(c2ccc(C(=O)N3CCN(c4ccc(C(F)(F)F)cc4[N+](=O)[O-])CC3)cc2)N1. The molecule has 1 N–H and O–H groups in total. The summed E-state index contributed by atoms with van der Waals surface area (Å²) >= 11 is 0. The number of benzene rings is 2. The van der Waals surface area contributed by atoms with Crippen LogP contribution in [0.15, 0.2) is 42.5 Å². The van der Waals surface area contributed by atoms with E-state index in [2.05, 4.69) is 5.43 Å². The number of carbonyl (C=O) groups excluding carboxylic acids is 3. The molecule has 2 saturated heterocycles. The number of piperazine rings is 1. The average molecular weight is 491 g/mol. The van der Waals surface area contributed by atoms with Gasteiger partial charge in [-0.2, -0.15) is 13.2 Å². The zero-order chi connectivity index (χ0) is 25.3. The van der Waals surface area contributed by atoms with Gasteiger partial charge in [0, 0.05) is 50.7 Å². The first-order valence-corrected chi connectivity index (χ1v) is 10.7. The van der Waals surface area contributed by atoms with Crippen molar-refractivity contribution in [2.75, 3.05) is 36.1 Å². The van der Waals surface area contributed by atoms with E-state index in [0.717, 1.165) is 17.1 Å². The molecule has 0 spiro atoms. The number of rotatable bonds is 4. The lowest BCUT2D eigenvalue weighted by molar-refractivity contribution is -0.384. The highest BCUT2D eigenvalue weighted by Gasteiger charge is 2.34. The molecule has 0 unspecified atom stereocenters. The largest absolute Gasteiger partial charge is 0.416 e. The molecular formula is C22H20F3N5O5. The van der Waals surface area contributed by atoms with Crippen LogP contribution >= 0.6 is 0 Å². The summed E-state index contributed by atoms with van der Waals surface area (Å²) < 4.78 is 38.9. The third kappa shape index (κ3) is 5.03. The van der Waals surface area contributed by atoms with E-state index in [1.165, 1.54) is 17.0 Å². The van der Waals surface area contributed by atoms with Crippen molar-refractivity contribution in [3.63, 3.8) is 0 Å². The lowest BCUT2D eigenvalue weighted by atomic mass is 10.1. The summed E-state index contributed by atoms with van der Waals surface area (Å²) in [5.74, 6) is -0.847. The van der Waals surface area contributed by atoms with Crippen LogP contribution in [0.1, 0.15) is 28.8 Å². The van der Waals surface area contributed by atoms with Gasteiger partial charge in [0.1, 0.15) is 5.69 Å². The number of nitrogens with zero attached hydrogens (tertiary/aromatic N) is 4. The molecule has 2 aromatic carbocycles. The minimum atomic E-state index is -4.70. The van der Waals surface area contributed by atoms with Crippen LogP contribution in [-0.2, 0) is 15.8 Å². The number of nitrogens with one attached hydrogen (secondary N) is 1. The molecule has 0 aliphatic carbocycles. The number of hydrazine groups is 1. The predicted molar refractivity (Wildman–Crippen MR) is 118 cm³/mol. The lowest BCUT2D eigenvalue weighted by Gasteiger charge is -2.36. The van der Waals surface area contributed by atoms with Crippen molar-refractivity contribution >= 4 is 34.8 Å². The fourth-order valence-corrected chi connectivity index (χ4v) is 3.98. The molecule has 184 valence electrons. The highest BCUT2D eigenvalue weighted by Crippen LogP contribution is 2.36. The molecule has 2 heterocycles. The first kappa shape index (κ1) is 24.0. The number of alkyl halides is 3. The van der Waals surface area contributed by atoms with Crippen molar-refractivity contribution in [1.29, 1.82) is 0 Å². The van der Waals surface area contributed by atoms with Crippen LogP contribution in [0.3, 0.4) is 0 Å². The van der Waals surface area contributed by atoms with Gasteiger partial charge in [-0.05, 0) is 36.4 Å². The third-order valence-corrected chi connectivity index (χ3v) is 5.83. The molecule has 0 aromatic heterocycles. The van der Waals surface area contributed by atoms with Crippen LogP contribution in [0.25, 0.3) is 0 Å². The van der Waals surface area contributed by atoms with Gasteiger partial charge in [0.05, 0.1) is 16.2 Å². The fourth-order valence-electron chi connectivity index (χ4n) is 3.98. The second-order valence-electron chi connectivity index (χ2n) is 8.05. The van der Waals surface area contributed by atoms with E-state index in [1.54, 1.807) is 17.0 Å². The standard InChI is InChI=1S/C22H20F3N5O5/c23-22(24,25)15-3-6-17(18(13-15)30(34)35)27-9-11-28(12-10-27)21(33)14-1-4-16(5-2-14)29-20(32)8-7-19(31)26-29/h1-6,13H,7-12H2,(H,26,31). The van der Waals surface area contributed by atoms with Crippen LogP contribution in [-0.4, -0.2) is 53.7 Å². The molecule has 2 aliphatic rings. The Balaban J connectivity index is 1.43. The number of carbonyl (C=O) groups is 3. The van der Waals surface area contributed by atoms with Gasteiger partial charge < -0.3 is 9.80 Å². The van der Waals surface area contributed by atoms with E-state index in [0.29, 0.717) is 17.3 Å². The van der Waals surface area contributed by atoms with Gasteiger partial charge in [0.15, 0.2) is 0 Å². The Bertz CT molecular complexity index is 1180. The monoisotopic (exact) mass is 491 g/mol. The molecule has 35 heavy (non-hydrogen) atoms. The second-order valence-corrected chi connectivity index (χ2v) is 8.05. The molecule has 2 aliphatic heterocycles. The molecule has 2 fully saturated rings. The van der Waals surface area contributed by atoms with Gasteiger partial charge in [0.2, 0.25) is 11.8 Å². The number of amides is 3. The van der Waals surface area contributed by atoms with Crippen LogP contribution in [0.4, 0.5) is 30.2 Å². The number of nitro benzene ring substituents is 1. The molecule has 13 heteroatoms. The van der Waals surface area contributed by atoms with Crippen molar-refractivity contribution < 1.29 is 32.5 Å². The number of halogens is 3. The summed E-state index contributed by atoms with van der Waals surface area (Å²) in [7, 11) is 0. The van der Waals surface area contributed by atoms with E-state index < -0.39 is 22.4 Å². The van der Waals surface area contributed by atoms with E-state index >= 15 is 0 Å². The maximum atomic E-state index is 13.0. The van der Waals surface area contributed by atoms with Gasteiger partial charge in [-0.1, -0.05) is 0 Å². The fraction of sp³-hybridized carbons (Fsp3) is 0.318. The summed E-state index contributed by atoms with van der Waals surface area (Å²) in [6.45, 7) is 0.813. The molecule has 0 bridgehead atoms. The number of nitro groups is 1. The van der Waals surface area contributed by atoms with Crippen LogP contribution in [0.2, 0.25) is 0 Å². The summed E-state index contributed by atoms with van der Waals surface area (Å²) in [4.78, 5) is 50.1. The zero-order valence-electron chi connectivity index (χ0n) is 18.2. The molecule has 0 saturated carbocycles. The molecule has 0 radical (unpaired) electrons. The smallest absolute Gasteiger partial charge is 0.362 e. The van der Waals surface area contributed by atoms with E-state index in [4.69, 9.17) is 0 Å². The number of hydrogen-bond donors (Lipinski definition) is 1. The first-order chi connectivity index (χ1) is 16.5. The third-order valence-electron chi connectivity index (χ3n) is 5.83. The van der Waals surface area contributed by atoms with Gasteiger partial charge in [-0.15, -0.1) is 0 Å². The van der Waals surface area contributed by atoms with E-state index in [-0.39, 0.29) is 62.4 Å². The Morgan fingerprint density at radius 1 is 0.971 bits per heavy atom. The molecule has 10 nitrogen and oxygen atoms in total. The van der Waals surface area contributed by atoms with Crippen LogP contribution in [0, 0.1) is 10.1 Å². The zero-order valence-corrected chi connectivity index (χ0v) is 18.2. The molecule has 0 atom stereocenters. The van der Waals surface area contributed by atoms with E-state index in [9.17, 15) is 37.7 Å². The Labute approximate surface area is 197 Å². The second kappa shape index (κ2) is 9.24. The Kier molecular flexibility index (Phi) is 6.33. The summed E-state index contributed by atoms with van der Waals surface area (Å²) in [5.41, 5.74) is 1.55. The molecule has 3 amide bonds. The number of hydrogen-bond acceptors (Lipinski definition) is 6. The van der Waals surface area contributed by atoms with Gasteiger partial charge in [-0.25, -0.2) is 5.01 Å².